The molecule has 0 radical (unpaired) electrons. The van der Waals surface area contributed by atoms with Gasteiger partial charge in [-0.3, -0.25) is 56.7 Å². The zero-order chi connectivity index (χ0) is 90.3. The molecular formula is C62H80N24O29P6S6. The van der Waals surface area contributed by atoms with Crippen LogP contribution in [-0.4, -0.2) is 240 Å². The molecule has 6 saturated heterocycles. The van der Waals surface area contributed by atoms with Crippen molar-refractivity contribution in [3.05, 3.63) is 120 Å². The first-order chi connectivity index (χ1) is 60.2. The number of hydrogen-bond acceptors (Lipinski definition) is 44. The fraction of sp³-hybridized carbons (Fsp3) is 0.548. The Labute approximate surface area is 743 Å². The highest BCUT2D eigenvalue weighted by molar-refractivity contribution is 8.08. The Morgan fingerprint density at radius 3 is 0.945 bits per heavy atom. The van der Waals surface area contributed by atoms with Crippen LogP contribution in [0.25, 0.3) is 44.7 Å². The van der Waals surface area contributed by atoms with E-state index in [2.05, 4.69) is 69.8 Å². The van der Waals surface area contributed by atoms with Crippen molar-refractivity contribution in [2.75, 3.05) is 63.1 Å². The van der Waals surface area contributed by atoms with Crippen LogP contribution in [0.5, 0.6) is 0 Å². The van der Waals surface area contributed by atoms with E-state index in [1.54, 1.807) is 6.92 Å². The van der Waals surface area contributed by atoms with Crippen LogP contribution in [0.2, 0.25) is 0 Å². The van der Waals surface area contributed by atoms with Crippen molar-refractivity contribution in [1.82, 2.24) is 97.2 Å². The molecule has 0 bridgehead atoms. The lowest BCUT2D eigenvalue weighted by molar-refractivity contribution is -0.0560. The molecule has 10 aromatic heterocycles. The number of nitrogens with one attached hydrogen (secondary N) is 3. The van der Waals surface area contributed by atoms with E-state index in [0.717, 1.165) is 16.2 Å². The average Bonchev–Trinajstić information content (AvgIpc) is 1.64. The van der Waals surface area contributed by atoms with E-state index in [4.69, 9.17) is 176 Å². The maximum absolute atomic E-state index is 13.4. The molecule has 0 amide bonds. The highest BCUT2D eigenvalue weighted by atomic mass is 32.5. The predicted molar refractivity (Wildman–Crippen MR) is 460 cm³/mol. The lowest BCUT2D eigenvalue weighted by Crippen LogP contribution is -2.33. The minimum absolute atomic E-state index is 0.000843. The smallest absolute Gasteiger partial charge is 0.330 e. The first kappa shape index (κ1) is 93.7. The van der Waals surface area contributed by atoms with Crippen molar-refractivity contribution < 1.29 is 112 Å². The first-order valence-electron chi connectivity index (χ1n) is 38.1. The fourth-order valence-corrected chi connectivity index (χ4v) is 23.4. The van der Waals surface area contributed by atoms with Crippen LogP contribution in [0.4, 0.5) is 23.4 Å². The lowest BCUT2D eigenvalue weighted by Gasteiger charge is -2.28. The van der Waals surface area contributed by atoms with Gasteiger partial charge in [0.15, 0.2) is 45.6 Å². The summed E-state index contributed by atoms with van der Waals surface area (Å²) < 4.78 is 119. The summed E-state index contributed by atoms with van der Waals surface area (Å²) in [5, 5.41) is 0. The second-order valence-electron chi connectivity index (χ2n) is 29.4. The minimum Gasteiger partial charge on any atom is -0.382 e. The van der Waals surface area contributed by atoms with E-state index in [1.807, 2.05) is 0 Å². The standard InChI is InChI=1S/C62H80N24O29P6S6/c1-5-28-29(6-45(104-28)86-25-76-49-56(86)77-60(66)78-59(49)89)111-117(93,123)99-15-36-31(8-41(106-36)82-13-27(3)58(88)80-62(82)91)112-118(94,124)101-16-37-33(10-43(107-37)84-23-74-47-51(64)68-20-71-54(47)84)114-120(96,126)103-18-39-34(11-44(109-39)85-24-75-48-52(65)69-21-72-55(48)85)115-121(97,127)102-17-38-32(9-42(108-38)83-22-73-46-50(63)67-19-70-53(46)83)113-119(95,125)100-14-35-30(110-116(92,122)98-4)7-40(105-35)81-12-26(2)57(87)79-61(81)90/h12-13,19-25,28-45H,5-11,14-18H2,1-4H3,(H,92,122)(H,93,123)(H,94,124)(H,95,125)(H,96,126)(H,97,127)(H2,63,67,70)(H2,64,68,71)(H2,65,69,72)(H,79,87,90)(H,80,88,91)(H3,66,77,78,89)/t28-,29-,30-,31-,32-,33-,34-,35-,36-,37-,38-,39-,40-,41-,42-,43-,44-,45-,116?,117?,118?,119?,120?,121?/m1/s1. The van der Waals surface area contributed by atoms with Crippen molar-refractivity contribution in [1.29, 1.82) is 0 Å². The zero-order valence-electron chi connectivity index (χ0n) is 66.2. The second kappa shape index (κ2) is 37.5. The number of aromatic nitrogens is 20. The maximum atomic E-state index is 13.4. The van der Waals surface area contributed by atoms with Gasteiger partial charge in [0.05, 0.1) is 101 Å². The van der Waals surface area contributed by atoms with Gasteiger partial charge in [-0.1, -0.05) is 6.92 Å². The summed E-state index contributed by atoms with van der Waals surface area (Å²) in [6.07, 6.45) is -9.98. The number of nitrogens with zero attached hydrogens (tertiary/aromatic N) is 17. The van der Waals surface area contributed by atoms with E-state index in [-0.39, 0.29) is 118 Å². The molecule has 6 unspecified atom stereocenters. The van der Waals surface area contributed by atoms with Crippen LogP contribution in [0, 0.1) is 13.8 Å². The third-order valence-corrected chi connectivity index (χ3v) is 30.7. The monoisotopic (exact) mass is 2000 g/mol. The molecule has 0 saturated carbocycles. The maximum Gasteiger partial charge on any atom is 0.330 e. The van der Waals surface area contributed by atoms with Gasteiger partial charge < -0.3 is 135 Å². The van der Waals surface area contributed by atoms with Crippen LogP contribution in [0.3, 0.4) is 0 Å². The molecule has 24 atom stereocenters. The van der Waals surface area contributed by atoms with Gasteiger partial charge in [-0.05, 0) is 91.1 Å². The number of anilines is 4. The normalized spacial score (nSPS) is 29.3. The number of H-pyrrole nitrogens is 3. The Kier molecular flexibility index (Phi) is 27.7. The molecule has 0 aromatic carbocycles. The topological polar surface area (TPSA) is 696 Å². The van der Waals surface area contributed by atoms with Crippen molar-refractivity contribution in [3.63, 3.8) is 0 Å². The molecule has 0 aliphatic carbocycles. The number of hydrogen-bond donors (Lipinski definition) is 13. The minimum atomic E-state index is -4.62. The quantitative estimate of drug-likeness (QED) is 0.0248. The lowest BCUT2D eigenvalue weighted by atomic mass is 10.1. The van der Waals surface area contributed by atoms with Crippen molar-refractivity contribution in [2.24, 2.45) is 0 Å². The molecule has 6 aliphatic rings. The molecule has 17 N–H and O–H groups in total. The van der Waals surface area contributed by atoms with Gasteiger partial charge in [0.1, 0.15) is 103 Å². The van der Waals surface area contributed by atoms with Gasteiger partial charge in [-0.15, -0.1) is 0 Å². The molecule has 6 aliphatic heterocycles. The highest BCUT2D eigenvalue weighted by Gasteiger charge is 2.51. The number of imidazole rings is 4. The number of nitrogen functional groups attached to an aromatic ring is 4. The number of aryl methyl sites for hydroxylation is 2. The number of aromatic amines is 3. The fourth-order valence-electron chi connectivity index (χ4n) is 15.1. The molecule has 6 fully saturated rings. The van der Waals surface area contributed by atoms with Crippen molar-refractivity contribution in [2.45, 2.75) is 176 Å². The Bertz CT molecular complexity index is 6470. The number of fused-ring (bicyclic) bond motifs is 4. The molecule has 10 aromatic rings. The van der Waals surface area contributed by atoms with E-state index < -0.39 is 212 Å². The zero-order valence-corrected chi connectivity index (χ0v) is 76.5. The average molecular weight is 2000 g/mol. The van der Waals surface area contributed by atoms with Crippen molar-refractivity contribution in [3.8, 4) is 0 Å². The second-order valence-corrected chi connectivity index (χ2v) is 46.3. The van der Waals surface area contributed by atoms with Gasteiger partial charge in [0.25, 0.3) is 16.7 Å². The largest absolute Gasteiger partial charge is 0.382 e. The Morgan fingerprint density at radius 2 is 0.646 bits per heavy atom. The summed E-state index contributed by atoms with van der Waals surface area (Å²) in [5.74, 6) is -0.0828. The van der Waals surface area contributed by atoms with Crippen LogP contribution in [0.15, 0.2) is 80.7 Å². The van der Waals surface area contributed by atoms with Crippen LogP contribution >= 0.6 is 40.3 Å². The summed E-state index contributed by atoms with van der Waals surface area (Å²) in [7, 11) is 1.12. The summed E-state index contributed by atoms with van der Waals surface area (Å²) in [6.45, 7) is -25.0. The van der Waals surface area contributed by atoms with E-state index in [9.17, 15) is 53.3 Å². The molecule has 127 heavy (non-hydrogen) atoms. The first-order valence-corrected chi connectivity index (χ1v) is 53.6. The number of rotatable bonds is 35. The molecule has 16 heterocycles. The predicted octanol–water partition coefficient (Wildman–Crippen LogP) is 1.16. The summed E-state index contributed by atoms with van der Waals surface area (Å²) in [5.41, 5.74) is 22.4. The molecule has 53 nitrogen and oxygen atoms in total. The van der Waals surface area contributed by atoms with Gasteiger partial charge in [-0.2, -0.15) is 4.98 Å². The number of nitrogens with two attached hydrogens (primary N) is 4. The van der Waals surface area contributed by atoms with E-state index >= 15 is 0 Å². The van der Waals surface area contributed by atoms with Crippen LogP contribution in [-0.2, 0) is 154 Å². The summed E-state index contributed by atoms with van der Waals surface area (Å²) in [6, 6.07) is 0. The third kappa shape index (κ3) is 21.0. The molecule has 65 heteroatoms. The summed E-state index contributed by atoms with van der Waals surface area (Å²) >= 11 is 33.5. The van der Waals surface area contributed by atoms with E-state index in [0.29, 0.717) is 6.42 Å². The number of ether oxygens (including phenoxy) is 6. The summed E-state index contributed by atoms with van der Waals surface area (Å²) in [4.78, 5) is 189. The SMILES string of the molecule is CC[C@H]1O[C@@H](n2cnc3c(=O)[nH]c(N)nc32)C[C@H]1OP(O)(=S)OC[C@H]1O[C@@H](n2cc(C)c(=O)[nH]c2=O)C[C@H]1OP(O)(=S)OC[C@H]1O[C@@H](n2cnc3c(N)ncnc32)C[C@H]1OP(O)(=S)OC[C@H]1O[C@@H](n2cnc3c(N)ncnc32)C[C@H]1OP(O)(=S)OC[C@H]1O[C@@H](n2cnc3c(N)ncnc32)C[C@H]1OP(O)(=S)OC[C@H]1O[C@@H](n2cc(C)c(=O)[nH]c2=O)C[C@H]1OP(O)(=S)OC. The Hall–Kier alpha value is -6.50. The van der Waals surface area contributed by atoms with Gasteiger partial charge >= 0.3 is 51.7 Å². The van der Waals surface area contributed by atoms with Gasteiger partial charge in [0, 0.05) is 69.2 Å². The highest BCUT2D eigenvalue weighted by Crippen LogP contribution is 2.58. The molecule has 16 rings (SSSR count). The van der Waals surface area contributed by atoms with E-state index in [1.165, 1.54) is 88.8 Å². The molecule has 0 spiro atoms. The molecule has 688 valence electrons. The van der Waals surface area contributed by atoms with Gasteiger partial charge in [0.2, 0.25) is 5.95 Å². The molecular weight excluding hydrogens is 1920 g/mol. The van der Waals surface area contributed by atoms with Gasteiger partial charge in [-0.25, -0.2) is 59.4 Å². The van der Waals surface area contributed by atoms with Crippen molar-refractivity contribution >= 4 is 179 Å². The Balaban J connectivity index is 0.613. The van der Waals surface area contributed by atoms with Crippen LogP contribution in [0.1, 0.15) is 100 Å². The Morgan fingerprint density at radius 1 is 0.378 bits per heavy atom. The third-order valence-electron chi connectivity index (χ3n) is 21.1. The van der Waals surface area contributed by atoms with Crippen LogP contribution < -0.4 is 51.0 Å².